The second kappa shape index (κ2) is 18.1. The first-order chi connectivity index (χ1) is 14.0. The van der Waals surface area contributed by atoms with Gasteiger partial charge in [-0.3, -0.25) is 0 Å². The van der Waals surface area contributed by atoms with Crippen molar-refractivity contribution in [3.63, 3.8) is 0 Å². The molecule has 0 spiro atoms. The summed E-state index contributed by atoms with van der Waals surface area (Å²) in [5, 5.41) is 0. The Kier molecular flexibility index (Phi) is 17.2. The number of unbranched alkanes of at least 4 members (excludes halogenated alkanes) is 17. The van der Waals surface area contributed by atoms with Crippen molar-refractivity contribution < 1.29 is 0 Å². The second-order valence-corrected chi connectivity index (χ2v) is 26.9. The van der Waals surface area contributed by atoms with Crippen LogP contribution >= 0.6 is 11.3 Å². The number of hydrogen-bond acceptors (Lipinski definition) is 1. The summed E-state index contributed by atoms with van der Waals surface area (Å²) >= 11 is 0.315. The van der Waals surface area contributed by atoms with Crippen molar-refractivity contribution in [2.45, 2.75) is 144 Å². The van der Waals surface area contributed by atoms with E-state index < -0.39 is 18.4 Å². The van der Waals surface area contributed by atoms with Gasteiger partial charge < -0.3 is 0 Å². The van der Waals surface area contributed by atoms with E-state index in [1.807, 2.05) is 0 Å². The Morgan fingerprint density at radius 1 is 0.552 bits per heavy atom. The summed E-state index contributed by atoms with van der Waals surface area (Å²) in [5.41, 5.74) is 0. The van der Waals surface area contributed by atoms with Crippen LogP contribution in [0.4, 0.5) is 0 Å². The molecule has 0 radical (unpaired) electrons. The van der Waals surface area contributed by atoms with Crippen LogP contribution in [0, 0.1) is 0 Å². The third-order valence-electron chi connectivity index (χ3n) is 6.18. The molecule has 0 saturated carbocycles. The first-order valence-corrected chi connectivity index (χ1v) is 23.9. The molecule has 0 unspecified atom stereocenters. The number of aryl methyl sites for hydroxylation is 1. The summed E-state index contributed by atoms with van der Waals surface area (Å²) in [6.45, 7) is 2.30. The first kappa shape index (κ1) is 27.5. The first-order valence-electron chi connectivity index (χ1n) is 13.1. The zero-order valence-corrected chi connectivity index (χ0v) is 24.2. The molecule has 0 saturated heterocycles. The molecule has 0 fully saturated rings. The second-order valence-electron chi connectivity index (χ2n) is 10.3. The average Bonchev–Trinajstić information content (AvgIpc) is 3.16. The van der Waals surface area contributed by atoms with Crippen LogP contribution in [-0.2, 0) is 6.42 Å². The van der Waals surface area contributed by atoms with E-state index in [4.69, 9.17) is 0 Å². The standard InChI is InChI=1S/C24H43S.3CH3.Sn/c1-2-3-4-5-6-7-8-9-10-11-12-13-14-15-16-17-18-19-21-24-22-20-23-25-24;;;;/h20,22H,2-19,21H2,1H3;3*1H3;. The molecule has 1 aromatic heterocycles. The molecule has 0 atom stereocenters. The van der Waals surface area contributed by atoms with Crippen molar-refractivity contribution in [1.82, 2.24) is 0 Å². The van der Waals surface area contributed by atoms with Crippen LogP contribution in [0.25, 0.3) is 0 Å². The molecular weight excluding hydrogens is 475 g/mol. The van der Waals surface area contributed by atoms with Gasteiger partial charge in [0.05, 0.1) is 0 Å². The molecule has 0 aliphatic carbocycles. The molecule has 0 aromatic carbocycles. The maximum atomic E-state index is 2.53. The predicted molar refractivity (Wildman–Crippen MR) is 140 cm³/mol. The van der Waals surface area contributed by atoms with Crippen LogP contribution in [0.5, 0.6) is 0 Å². The van der Waals surface area contributed by atoms with E-state index in [-0.39, 0.29) is 0 Å². The molecule has 1 aromatic rings. The van der Waals surface area contributed by atoms with Crippen LogP contribution in [0.2, 0.25) is 14.8 Å². The van der Waals surface area contributed by atoms with E-state index in [1.54, 1.807) is 7.77 Å². The summed E-state index contributed by atoms with van der Waals surface area (Å²) in [7, 11) is 0. The number of hydrogen-bond donors (Lipinski definition) is 0. The predicted octanol–water partition coefficient (Wildman–Crippen LogP) is 9.88. The van der Waals surface area contributed by atoms with Crippen LogP contribution in [0.3, 0.4) is 0 Å². The van der Waals surface area contributed by atoms with E-state index in [0.29, 0.717) is 0 Å². The van der Waals surface area contributed by atoms with E-state index in [2.05, 4.69) is 45.2 Å². The summed E-state index contributed by atoms with van der Waals surface area (Å²) in [5.74, 6) is 0. The van der Waals surface area contributed by atoms with Crippen molar-refractivity contribution in [2.75, 3.05) is 0 Å². The Morgan fingerprint density at radius 2 is 0.931 bits per heavy atom. The molecule has 0 aliphatic rings. The van der Waals surface area contributed by atoms with Gasteiger partial charge >= 0.3 is 122 Å². The zero-order chi connectivity index (χ0) is 21.2. The average molecular weight is 527 g/mol. The fraction of sp³-hybridized carbons (Fsp3) is 0.852. The van der Waals surface area contributed by atoms with E-state index in [0.717, 1.165) is 0 Å². The summed E-state index contributed by atoms with van der Waals surface area (Å²) in [6, 6.07) is 4.85. The fourth-order valence-corrected chi connectivity index (χ4v) is 10.6. The number of thiophene rings is 1. The van der Waals surface area contributed by atoms with Crippen LogP contribution in [0.1, 0.15) is 127 Å². The minimum absolute atomic E-state index is 1.32. The van der Waals surface area contributed by atoms with Gasteiger partial charge in [-0.25, -0.2) is 0 Å². The van der Waals surface area contributed by atoms with Crippen LogP contribution < -0.4 is 2.89 Å². The fourth-order valence-electron chi connectivity index (χ4n) is 4.12. The van der Waals surface area contributed by atoms with E-state index in [9.17, 15) is 0 Å². The summed E-state index contributed by atoms with van der Waals surface area (Å²) in [6.07, 6.45) is 27.6. The molecule has 1 rings (SSSR count). The van der Waals surface area contributed by atoms with Crippen molar-refractivity contribution in [1.29, 1.82) is 0 Å². The van der Waals surface area contributed by atoms with Gasteiger partial charge in [-0.1, -0.05) is 71.1 Å². The van der Waals surface area contributed by atoms with Crippen molar-refractivity contribution in [3.05, 3.63) is 17.0 Å². The molecule has 0 nitrogen and oxygen atoms in total. The van der Waals surface area contributed by atoms with E-state index in [1.165, 1.54) is 122 Å². The number of rotatable bonds is 20. The molecule has 0 amide bonds. The maximum absolute atomic E-state index is 2.53. The van der Waals surface area contributed by atoms with Gasteiger partial charge in [0.25, 0.3) is 0 Å². The monoisotopic (exact) mass is 528 g/mol. The molecule has 170 valence electrons. The topological polar surface area (TPSA) is 0 Å². The summed E-state index contributed by atoms with van der Waals surface area (Å²) < 4.78 is 1.75. The Morgan fingerprint density at radius 3 is 1.28 bits per heavy atom. The zero-order valence-electron chi connectivity index (χ0n) is 20.5. The van der Waals surface area contributed by atoms with Crippen LogP contribution in [-0.4, -0.2) is 18.4 Å². The Hall–Kier alpha value is 0.499. The molecule has 2 heteroatoms. The van der Waals surface area contributed by atoms with Gasteiger partial charge in [0.2, 0.25) is 0 Å². The van der Waals surface area contributed by atoms with Crippen molar-refractivity contribution in [3.8, 4) is 0 Å². The Balaban J connectivity index is 1.78. The molecule has 0 aliphatic heterocycles. The summed E-state index contributed by atoms with van der Waals surface area (Å²) in [4.78, 5) is 9.23. The van der Waals surface area contributed by atoms with Gasteiger partial charge in [-0.05, 0) is 0 Å². The normalized spacial score (nSPS) is 12.0. The third kappa shape index (κ3) is 15.9. The van der Waals surface area contributed by atoms with Gasteiger partial charge in [0.15, 0.2) is 0 Å². The third-order valence-corrected chi connectivity index (χ3v) is 16.8. The van der Waals surface area contributed by atoms with Gasteiger partial charge in [-0.2, -0.15) is 0 Å². The van der Waals surface area contributed by atoms with E-state index >= 15 is 0 Å². The molecule has 29 heavy (non-hydrogen) atoms. The molecule has 0 N–H and O–H groups in total. The van der Waals surface area contributed by atoms with Crippen LogP contribution in [0.15, 0.2) is 12.1 Å². The van der Waals surface area contributed by atoms with Crippen molar-refractivity contribution >= 4 is 32.6 Å². The quantitative estimate of drug-likeness (QED) is 0.117. The van der Waals surface area contributed by atoms with Gasteiger partial charge in [-0.15, -0.1) is 0 Å². The molecular formula is C27H52SSn. The Bertz CT molecular complexity index is 471. The molecule has 1 heterocycles. The SMILES string of the molecule is CCCCCCCCCCCCCCCCCCCCc1cc[c]([Sn]([CH3])([CH3])[CH3])s1. The van der Waals surface area contributed by atoms with Gasteiger partial charge in [0.1, 0.15) is 0 Å². The van der Waals surface area contributed by atoms with Gasteiger partial charge in [0, 0.05) is 0 Å². The van der Waals surface area contributed by atoms with Crippen molar-refractivity contribution in [2.24, 2.45) is 0 Å². The molecule has 0 bridgehead atoms. The minimum atomic E-state index is -1.81. The Labute approximate surface area is 192 Å².